The fourth-order valence-electron chi connectivity index (χ4n) is 1.92. The number of carbonyl (C=O) groups is 1. The minimum atomic E-state index is -3.97. The van der Waals surface area contributed by atoms with E-state index in [4.69, 9.17) is 23.2 Å². The number of halogens is 2. The monoisotopic (exact) mass is 401 g/mol. The molecule has 0 radical (unpaired) electrons. The van der Waals surface area contributed by atoms with Gasteiger partial charge in [-0.05, 0) is 30.3 Å². The lowest BCUT2D eigenvalue weighted by Crippen LogP contribution is -2.28. The van der Waals surface area contributed by atoms with Crippen LogP contribution >= 0.6 is 34.5 Å². The maximum atomic E-state index is 12.1. The quantitative estimate of drug-likeness (QED) is 0.680. The van der Waals surface area contributed by atoms with Crippen molar-refractivity contribution >= 4 is 61.5 Å². The Morgan fingerprint density at radius 2 is 1.96 bits per heavy atom. The second kappa shape index (κ2) is 6.56. The lowest BCUT2D eigenvalue weighted by Gasteiger charge is -2.04. The number of fused-ring (bicyclic) bond motifs is 1. The molecular weight excluding hydrogens is 393 g/mol. The summed E-state index contributed by atoms with van der Waals surface area (Å²) >= 11 is 13.1. The van der Waals surface area contributed by atoms with Gasteiger partial charge in [0.25, 0.3) is 15.9 Å². The fourth-order valence-corrected chi connectivity index (χ4v) is 4.00. The van der Waals surface area contributed by atoms with Gasteiger partial charge in [0.15, 0.2) is 10.1 Å². The molecule has 0 fully saturated rings. The zero-order chi connectivity index (χ0) is 17.3. The van der Waals surface area contributed by atoms with Gasteiger partial charge in [-0.1, -0.05) is 23.2 Å². The third-order valence-corrected chi connectivity index (χ3v) is 5.66. The Labute approximate surface area is 151 Å². The van der Waals surface area contributed by atoms with Crippen LogP contribution in [0.2, 0.25) is 10.2 Å². The van der Waals surface area contributed by atoms with Crippen molar-refractivity contribution in [1.82, 2.24) is 14.1 Å². The molecule has 124 valence electrons. The van der Waals surface area contributed by atoms with E-state index in [1.165, 1.54) is 41.7 Å². The predicted octanol–water partition coefficient (Wildman–Crippen LogP) is 3.22. The first-order valence-electron chi connectivity index (χ1n) is 6.48. The molecule has 0 spiro atoms. The molecule has 10 heteroatoms. The molecule has 2 heterocycles. The van der Waals surface area contributed by atoms with Crippen LogP contribution in [0.1, 0.15) is 5.69 Å². The van der Waals surface area contributed by atoms with E-state index in [-0.39, 0.29) is 10.0 Å². The van der Waals surface area contributed by atoms with Crippen molar-refractivity contribution in [2.24, 2.45) is 0 Å². The van der Waals surface area contributed by atoms with Crippen molar-refractivity contribution in [3.05, 3.63) is 57.8 Å². The van der Waals surface area contributed by atoms with Gasteiger partial charge in [-0.15, -0.1) is 11.3 Å². The summed E-state index contributed by atoms with van der Waals surface area (Å²) in [7, 11) is -3.97. The summed E-state index contributed by atoms with van der Waals surface area (Å²) in [6.45, 7) is 0. The average Bonchev–Trinajstić information content (AvgIpc) is 3.06. The van der Waals surface area contributed by atoms with E-state index >= 15 is 0 Å². The SMILES string of the molecule is O=C(/C=C/c1c(Cl)nc2sccn12)NS(=O)(=O)c1ccc(Cl)cc1. The minimum absolute atomic E-state index is 0.0590. The van der Waals surface area contributed by atoms with E-state index < -0.39 is 15.9 Å². The van der Waals surface area contributed by atoms with Gasteiger partial charge in [0.05, 0.1) is 10.6 Å². The Morgan fingerprint density at radius 3 is 2.67 bits per heavy atom. The van der Waals surface area contributed by atoms with Crippen molar-refractivity contribution in [1.29, 1.82) is 0 Å². The van der Waals surface area contributed by atoms with Crippen LogP contribution in [0.3, 0.4) is 0 Å². The van der Waals surface area contributed by atoms with Crippen LogP contribution in [0, 0.1) is 0 Å². The predicted molar refractivity (Wildman–Crippen MR) is 93.9 cm³/mol. The van der Waals surface area contributed by atoms with Crippen molar-refractivity contribution in [2.75, 3.05) is 0 Å². The molecule has 3 rings (SSSR count). The smallest absolute Gasteiger partial charge is 0.264 e. The zero-order valence-electron chi connectivity index (χ0n) is 11.8. The summed E-state index contributed by atoms with van der Waals surface area (Å²) in [5.41, 5.74) is 0.493. The molecule has 0 aliphatic heterocycles. The van der Waals surface area contributed by atoms with Crippen LogP contribution in [0.15, 0.2) is 46.8 Å². The summed E-state index contributed by atoms with van der Waals surface area (Å²) < 4.78 is 27.9. The number of hydrogen-bond donors (Lipinski definition) is 1. The molecule has 1 aromatic carbocycles. The van der Waals surface area contributed by atoms with Gasteiger partial charge in [0.2, 0.25) is 0 Å². The van der Waals surface area contributed by atoms with E-state index in [2.05, 4.69) is 4.98 Å². The number of carbonyl (C=O) groups excluding carboxylic acids is 1. The fraction of sp³-hybridized carbons (Fsp3) is 0. The molecule has 0 aliphatic carbocycles. The van der Waals surface area contributed by atoms with Crippen LogP contribution in [0.25, 0.3) is 11.0 Å². The zero-order valence-corrected chi connectivity index (χ0v) is 15.0. The molecule has 0 bridgehead atoms. The second-order valence-electron chi connectivity index (χ2n) is 4.60. The normalized spacial score (nSPS) is 12.1. The third kappa shape index (κ3) is 3.46. The first-order valence-corrected chi connectivity index (χ1v) is 9.60. The van der Waals surface area contributed by atoms with Crippen molar-refractivity contribution in [2.45, 2.75) is 4.90 Å². The maximum absolute atomic E-state index is 12.1. The standard InChI is InChI=1S/C14H9Cl2N3O3S2/c15-9-1-3-10(4-2-9)24(21,22)18-12(20)6-5-11-13(16)17-14-19(11)7-8-23-14/h1-8H,(H,18,20)/b6-5+. The lowest BCUT2D eigenvalue weighted by molar-refractivity contribution is -0.114. The van der Waals surface area contributed by atoms with Crippen LogP contribution in [-0.4, -0.2) is 23.7 Å². The largest absolute Gasteiger partial charge is 0.289 e. The number of aromatic nitrogens is 2. The summed E-state index contributed by atoms with van der Waals surface area (Å²) in [5.74, 6) is -0.800. The lowest BCUT2D eigenvalue weighted by atomic mass is 10.4. The Bertz CT molecular complexity index is 1040. The number of nitrogens with one attached hydrogen (secondary N) is 1. The Balaban J connectivity index is 1.79. The number of hydrogen-bond acceptors (Lipinski definition) is 5. The molecule has 0 unspecified atom stereocenters. The highest BCUT2D eigenvalue weighted by atomic mass is 35.5. The van der Waals surface area contributed by atoms with Crippen molar-refractivity contribution < 1.29 is 13.2 Å². The van der Waals surface area contributed by atoms with E-state index in [0.29, 0.717) is 15.7 Å². The van der Waals surface area contributed by atoms with Gasteiger partial charge in [-0.25, -0.2) is 18.1 Å². The summed E-state index contributed by atoms with van der Waals surface area (Å²) in [4.78, 5) is 16.6. The molecule has 1 amide bonds. The summed E-state index contributed by atoms with van der Waals surface area (Å²) in [6.07, 6.45) is 4.24. The highest BCUT2D eigenvalue weighted by Gasteiger charge is 2.16. The van der Waals surface area contributed by atoms with Gasteiger partial charge in [0, 0.05) is 22.7 Å². The van der Waals surface area contributed by atoms with Gasteiger partial charge in [-0.3, -0.25) is 9.20 Å². The van der Waals surface area contributed by atoms with Gasteiger partial charge >= 0.3 is 0 Å². The Morgan fingerprint density at radius 1 is 1.25 bits per heavy atom. The van der Waals surface area contributed by atoms with Gasteiger partial charge in [0.1, 0.15) is 0 Å². The highest BCUT2D eigenvalue weighted by molar-refractivity contribution is 7.90. The number of nitrogens with zero attached hydrogens (tertiary/aromatic N) is 2. The number of imidazole rings is 1. The third-order valence-electron chi connectivity index (χ3n) is 3.01. The molecule has 3 aromatic rings. The molecule has 2 aromatic heterocycles. The number of thiazole rings is 1. The van der Waals surface area contributed by atoms with Crippen LogP contribution in [-0.2, 0) is 14.8 Å². The summed E-state index contributed by atoms with van der Waals surface area (Å²) in [6, 6.07) is 5.47. The Kier molecular flexibility index (Phi) is 4.64. The first-order chi connectivity index (χ1) is 11.4. The molecule has 0 saturated heterocycles. The number of benzene rings is 1. The average molecular weight is 402 g/mol. The number of rotatable bonds is 4. The molecule has 24 heavy (non-hydrogen) atoms. The van der Waals surface area contributed by atoms with Crippen LogP contribution in [0.5, 0.6) is 0 Å². The topological polar surface area (TPSA) is 80.5 Å². The number of sulfonamides is 1. The molecule has 0 aliphatic rings. The second-order valence-corrected chi connectivity index (χ2v) is 7.95. The van der Waals surface area contributed by atoms with Gasteiger partial charge < -0.3 is 0 Å². The van der Waals surface area contributed by atoms with Crippen molar-refractivity contribution in [3.63, 3.8) is 0 Å². The molecule has 1 N–H and O–H groups in total. The molecule has 0 saturated carbocycles. The van der Waals surface area contributed by atoms with E-state index in [0.717, 1.165) is 6.08 Å². The van der Waals surface area contributed by atoms with E-state index in [9.17, 15) is 13.2 Å². The van der Waals surface area contributed by atoms with E-state index in [1.54, 1.807) is 10.6 Å². The molecule has 0 atom stereocenters. The maximum Gasteiger partial charge on any atom is 0.264 e. The van der Waals surface area contributed by atoms with E-state index in [1.807, 2.05) is 10.1 Å². The number of amides is 1. The van der Waals surface area contributed by atoms with Crippen molar-refractivity contribution in [3.8, 4) is 0 Å². The van der Waals surface area contributed by atoms with Gasteiger partial charge in [-0.2, -0.15) is 0 Å². The van der Waals surface area contributed by atoms with Crippen LogP contribution < -0.4 is 4.72 Å². The Hall–Kier alpha value is -1.87. The van der Waals surface area contributed by atoms with Crippen LogP contribution in [0.4, 0.5) is 0 Å². The molecule has 6 nitrogen and oxygen atoms in total. The minimum Gasteiger partial charge on any atom is -0.289 e. The molecular formula is C14H9Cl2N3O3S2. The first kappa shape index (κ1) is 17.0. The highest BCUT2D eigenvalue weighted by Crippen LogP contribution is 2.22. The summed E-state index contributed by atoms with van der Waals surface area (Å²) in [5, 5.41) is 2.45.